The molecule has 1 aliphatic rings. The van der Waals surface area contributed by atoms with E-state index in [-0.39, 0.29) is 56.6 Å². The Bertz CT molecular complexity index is 1450. The van der Waals surface area contributed by atoms with Crippen LogP contribution in [0.5, 0.6) is 5.75 Å². The zero-order valence-electron chi connectivity index (χ0n) is 24.2. The van der Waals surface area contributed by atoms with Gasteiger partial charge in [0.1, 0.15) is 24.2 Å². The number of aromatic nitrogens is 2. The summed E-state index contributed by atoms with van der Waals surface area (Å²) in [4.78, 5) is 58.1. The fourth-order valence-corrected chi connectivity index (χ4v) is 4.83. The standard InChI is InChI=1S/C30H38N6O6/c1-4-25-33-22-7-5-6-8-23(22)36(25)14-11-27(39)35-15-12-32-30(41)28(20(3)37)34-29(40)21-10-9-19(2)24(17-21)42-16-13-31-26(38)18-35/h5-10,17,20,28,37H,4,11-16,18H2,1-3H3,(H,31,38)(H,32,41)(H,34,40)/t20-,28+/m1/s1. The maximum atomic E-state index is 13.4. The maximum Gasteiger partial charge on any atom is 0.252 e. The van der Waals surface area contributed by atoms with E-state index < -0.39 is 24.0 Å². The van der Waals surface area contributed by atoms with E-state index >= 15 is 0 Å². The number of carbonyl (C=O) groups excluding carboxylic acids is 4. The molecule has 1 aromatic heterocycles. The quantitative estimate of drug-likeness (QED) is 0.351. The van der Waals surface area contributed by atoms with Gasteiger partial charge in [-0.05, 0) is 43.7 Å². The summed E-state index contributed by atoms with van der Waals surface area (Å²) in [6.07, 6.45) is -0.356. The third kappa shape index (κ3) is 7.43. The molecule has 0 spiro atoms. The Kier molecular flexibility index (Phi) is 10.1. The molecular formula is C30H38N6O6. The van der Waals surface area contributed by atoms with E-state index in [1.807, 2.05) is 42.7 Å². The number of ether oxygens (including phenoxy) is 1. The normalized spacial score (nSPS) is 18.0. The Morgan fingerprint density at radius 3 is 2.69 bits per heavy atom. The zero-order valence-corrected chi connectivity index (χ0v) is 24.2. The molecule has 2 atom stereocenters. The number of amides is 4. The van der Waals surface area contributed by atoms with Crippen LogP contribution in [-0.4, -0.2) is 88.1 Å². The fourth-order valence-electron chi connectivity index (χ4n) is 4.83. The van der Waals surface area contributed by atoms with Crippen molar-refractivity contribution in [1.29, 1.82) is 0 Å². The van der Waals surface area contributed by atoms with Crippen LogP contribution in [0.1, 0.15) is 42.0 Å². The van der Waals surface area contributed by atoms with E-state index in [0.29, 0.717) is 18.7 Å². The van der Waals surface area contributed by atoms with Crippen molar-refractivity contribution in [3.8, 4) is 5.75 Å². The Morgan fingerprint density at radius 1 is 1.14 bits per heavy atom. The highest BCUT2D eigenvalue weighted by Crippen LogP contribution is 2.20. The number of fused-ring (bicyclic) bond motifs is 3. The predicted molar refractivity (Wildman–Crippen MR) is 156 cm³/mol. The highest BCUT2D eigenvalue weighted by Gasteiger charge is 2.27. The first-order chi connectivity index (χ1) is 20.2. The number of nitrogens with one attached hydrogen (secondary N) is 3. The molecule has 0 radical (unpaired) electrons. The number of nitrogens with zero attached hydrogens (tertiary/aromatic N) is 3. The molecule has 42 heavy (non-hydrogen) atoms. The first kappa shape index (κ1) is 30.5. The van der Waals surface area contributed by atoms with Gasteiger partial charge in [0.05, 0.1) is 30.2 Å². The maximum absolute atomic E-state index is 13.4. The molecule has 4 rings (SSSR count). The number of hydrogen-bond donors (Lipinski definition) is 4. The lowest BCUT2D eigenvalue weighted by Crippen LogP contribution is -2.53. The lowest BCUT2D eigenvalue weighted by atomic mass is 10.1. The largest absolute Gasteiger partial charge is 0.491 e. The van der Waals surface area contributed by atoms with E-state index in [1.165, 1.54) is 11.8 Å². The molecule has 0 saturated heterocycles. The molecule has 12 heteroatoms. The lowest BCUT2D eigenvalue weighted by Gasteiger charge is -2.24. The van der Waals surface area contributed by atoms with Gasteiger partial charge in [-0.15, -0.1) is 0 Å². The summed E-state index contributed by atoms with van der Waals surface area (Å²) < 4.78 is 7.81. The molecule has 3 aromatic rings. The highest BCUT2D eigenvalue weighted by atomic mass is 16.5. The third-order valence-corrected chi connectivity index (χ3v) is 7.15. The number of rotatable bonds is 5. The van der Waals surface area contributed by atoms with Crippen LogP contribution in [0.25, 0.3) is 11.0 Å². The SMILES string of the molecule is CCc1nc2ccccc2n1CCC(=O)N1CCNC(=O)[C@H]([C@@H](C)O)NC(=O)c2ccc(C)c(c2)OCCNC(=O)C1. The van der Waals surface area contributed by atoms with E-state index in [4.69, 9.17) is 4.74 Å². The number of carbonyl (C=O) groups is 4. The first-order valence-corrected chi connectivity index (χ1v) is 14.2. The molecule has 0 aliphatic carbocycles. The van der Waals surface area contributed by atoms with Crippen molar-refractivity contribution in [2.24, 2.45) is 0 Å². The molecule has 2 heterocycles. The number of aliphatic hydroxyl groups is 1. The van der Waals surface area contributed by atoms with E-state index in [2.05, 4.69) is 20.9 Å². The van der Waals surface area contributed by atoms with Crippen LogP contribution in [0.15, 0.2) is 42.5 Å². The molecule has 0 saturated carbocycles. The van der Waals surface area contributed by atoms with Gasteiger partial charge in [0.2, 0.25) is 17.7 Å². The van der Waals surface area contributed by atoms with Crippen LogP contribution in [0.3, 0.4) is 0 Å². The smallest absolute Gasteiger partial charge is 0.252 e. The monoisotopic (exact) mass is 578 g/mol. The van der Waals surface area contributed by atoms with Gasteiger partial charge in [0, 0.05) is 38.0 Å². The Hall–Kier alpha value is -4.45. The third-order valence-electron chi connectivity index (χ3n) is 7.15. The van der Waals surface area contributed by atoms with E-state index in [9.17, 15) is 24.3 Å². The van der Waals surface area contributed by atoms with Gasteiger partial charge < -0.3 is 35.3 Å². The average Bonchev–Trinajstić information content (AvgIpc) is 3.33. The van der Waals surface area contributed by atoms with Crippen molar-refractivity contribution in [2.75, 3.05) is 32.8 Å². The summed E-state index contributed by atoms with van der Waals surface area (Å²) >= 11 is 0. The van der Waals surface area contributed by atoms with Gasteiger partial charge in [0.15, 0.2) is 0 Å². The van der Waals surface area contributed by atoms with Crippen LogP contribution in [0.2, 0.25) is 0 Å². The molecule has 0 fully saturated rings. The second kappa shape index (κ2) is 13.9. The van der Waals surface area contributed by atoms with Gasteiger partial charge in [0.25, 0.3) is 5.91 Å². The van der Waals surface area contributed by atoms with Gasteiger partial charge in [-0.3, -0.25) is 19.2 Å². The van der Waals surface area contributed by atoms with Crippen molar-refractivity contribution >= 4 is 34.7 Å². The number of benzene rings is 2. The summed E-state index contributed by atoms with van der Waals surface area (Å²) in [6, 6.07) is 11.4. The minimum atomic E-state index is -1.23. The number of aliphatic hydroxyl groups excluding tert-OH is 1. The molecular weight excluding hydrogens is 540 g/mol. The number of aryl methyl sites for hydroxylation is 3. The van der Waals surface area contributed by atoms with E-state index in [0.717, 1.165) is 22.4 Å². The van der Waals surface area contributed by atoms with E-state index in [1.54, 1.807) is 18.2 Å². The van der Waals surface area contributed by atoms with Gasteiger partial charge in [-0.25, -0.2) is 4.98 Å². The van der Waals surface area contributed by atoms with Crippen LogP contribution in [-0.2, 0) is 27.3 Å². The van der Waals surface area contributed by atoms with Crippen molar-refractivity contribution in [3.05, 3.63) is 59.4 Å². The minimum absolute atomic E-state index is 0.0168. The molecule has 2 bridgehead atoms. The predicted octanol–water partition coefficient (Wildman–Crippen LogP) is 0.930. The lowest BCUT2D eigenvalue weighted by molar-refractivity contribution is -0.136. The Labute approximate surface area is 244 Å². The second-order valence-electron chi connectivity index (χ2n) is 10.2. The molecule has 0 unspecified atom stereocenters. The van der Waals surface area contributed by atoms with Crippen molar-refractivity contribution in [2.45, 2.75) is 52.3 Å². The highest BCUT2D eigenvalue weighted by molar-refractivity contribution is 5.98. The average molecular weight is 579 g/mol. The summed E-state index contributed by atoms with van der Waals surface area (Å²) in [5.74, 6) is -0.469. The summed E-state index contributed by atoms with van der Waals surface area (Å²) in [5, 5.41) is 18.3. The van der Waals surface area contributed by atoms with Crippen LogP contribution < -0.4 is 20.7 Å². The molecule has 1 aliphatic heterocycles. The van der Waals surface area contributed by atoms with Crippen LogP contribution >= 0.6 is 0 Å². The first-order valence-electron chi connectivity index (χ1n) is 14.2. The molecule has 224 valence electrons. The Morgan fingerprint density at radius 2 is 1.93 bits per heavy atom. The molecule has 4 N–H and O–H groups in total. The van der Waals surface area contributed by atoms with Gasteiger partial charge in [-0.1, -0.05) is 25.1 Å². The van der Waals surface area contributed by atoms with Crippen molar-refractivity contribution in [3.63, 3.8) is 0 Å². The number of para-hydroxylation sites is 2. The Balaban J connectivity index is 1.50. The topological polar surface area (TPSA) is 155 Å². The van der Waals surface area contributed by atoms with Gasteiger partial charge in [-0.2, -0.15) is 0 Å². The summed E-state index contributed by atoms with van der Waals surface area (Å²) in [5.41, 5.74) is 2.83. The van der Waals surface area contributed by atoms with Gasteiger partial charge >= 0.3 is 0 Å². The zero-order chi connectivity index (χ0) is 30.2. The molecule has 4 amide bonds. The second-order valence-corrected chi connectivity index (χ2v) is 10.2. The number of imidazole rings is 1. The van der Waals surface area contributed by atoms with Crippen LogP contribution in [0.4, 0.5) is 0 Å². The van der Waals surface area contributed by atoms with Crippen molar-refractivity contribution in [1.82, 2.24) is 30.4 Å². The fraction of sp³-hybridized carbons (Fsp3) is 0.433. The van der Waals surface area contributed by atoms with Crippen molar-refractivity contribution < 1.29 is 29.0 Å². The molecule has 12 nitrogen and oxygen atoms in total. The minimum Gasteiger partial charge on any atom is -0.491 e. The summed E-state index contributed by atoms with van der Waals surface area (Å²) in [6.45, 7) is 5.83. The summed E-state index contributed by atoms with van der Waals surface area (Å²) in [7, 11) is 0. The number of hydrogen-bond acceptors (Lipinski definition) is 7. The van der Waals surface area contributed by atoms with Crippen LogP contribution in [0, 0.1) is 6.92 Å². The molecule has 2 aromatic carbocycles.